The van der Waals surface area contributed by atoms with Crippen LogP contribution in [0.5, 0.6) is 0 Å². The molecule has 1 amide bonds. The lowest BCUT2D eigenvalue weighted by Crippen LogP contribution is -2.28. The van der Waals surface area contributed by atoms with Gasteiger partial charge in [0.1, 0.15) is 17.0 Å². The number of hydrogen-bond donors (Lipinski definition) is 2. The number of carbonyl (C=O) groups excluding carboxylic acids is 1. The normalized spacial score (nSPS) is 10.9. The molecule has 7 heteroatoms. The number of aromatic nitrogens is 1. The van der Waals surface area contributed by atoms with Gasteiger partial charge >= 0.3 is 12.1 Å². The summed E-state index contributed by atoms with van der Waals surface area (Å²) in [6.45, 7) is 4.93. The number of nitrogens with one attached hydrogen (secondary N) is 1. The van der Waals surface area contributed by atoms with Gasteiger partial charge in [0, 0.05) is 6.20 Å². The van der Waals surface area contributed by atoms with Crippen LogP contribution in [0.2, 0.25) is 0 Å². The van der Waals surface area contributed by atoms with E-state index in [1.807, 2.05) is 0 Å². The van der Waals surface area contributed by atoms with Crippen molar-refractivity contribution in [1.29, 1.82) is 0 Å². The summed E-state index contributed by atoms with van der Waals surface area (Å²) in [4.78, 5) is 25.9. The number of aromatic carboxylic acids is 1. The van der Waals surface area contributed by atoms with E-state index in [4.69, 9.17) is 9.84 Å². The Kier molecular flexibility index (Phi) is 3.85. The van der Waals surface area contributed by atoms with Crippen LogP contribution in [0.3, 0.4) is 0 Å². The quantitative estimate of drug-likeness (QED) is 0.847. The van der Waals surface area contributed by atoms with Crippen molar-refractivity contribution in [1.82, 2.24) is 4.98 Å². The molecule has 98 valence electrons. The van der Waals surface area contributed by atoms with Crippen molar-refractivity contribution in [3.05, 3.63) is 23.6 Å². The lowest BCUT2D eigenvalue weighted by Gasteiger charge is -2.19. The number of amides is 1. The zero-order valence-electron chi connectivity index (χ0n) is 10.2. The van der Waals surface area contributed by atoms with Crippen molar-refractivity contribution in [2.24, 2.45) is 0 Å². The number of carboxylic acids is 1. The van der Waals surface area contributed by atoms with Crippen LogP contribution >= 0.6 is 0 Å². The third-order valence-corrected chi connectivity index (χ3v) is 1.73. The Bertz CT molecular complexity index is 482. The molecule has 0 radical (unpaired) electrons. The van der Waals surface area contributed by atoms with Crippen molar-refractivity contribution in [2.75, 3.05) is 5.32 Å². The zero-order chi connectivity index (χ0) is 13.9. The van der Waals surface area contributed by atoms with E-state index in [0.29, 0.717) is 0 Å². The molecular formula is C11H13FN2O4. The number of carboxylic acid groups (broad SMARTS) is 1. The van der Waals surface area contributed by atoms with E-state index in [2.05, 4.69) is 10.3 Å². The molecule has 0 atom stereocenters. The van der Waals surface area contributed by atoms with Crippen LogP contribution < -0.4 is 5.32 Å². The number of carbonyl (C=O) groups is 2. The molecule has 6 nitrogen and oxygen atoms in total. The number of ether oxygens (including phenoxy) is 1. The van der Waals surface area contributed by atoms with Gasteiger partial charge in [0.15, 0.2) is 5.82 Å². The monoisotopic (exact) mass is 256 g/mol. The maximum Gasteiger partial charge on any atom is 0.413 e. The summed E-state index contributed by atoms with van der Waals surface area (Å²) in [6.07, 6.45) is 0.150. The first-order valence-corrected chi connectivity index (χ1v) is 5.08. The molecule has 0 unspecified atom stereocenters. The molecule has 0 fully saturated rings. The van der Waals surface area contributed by atoms with Gasteiger partial charge in [0.05, 0.1) is 0 Å². The summed E-state index contributed by atoms with van der Waals surface area (Å²) in [6, 6.07) is 0.893. The van der Waals surface area contributed by atoms with E-state index in [1.165, 1.54) is 0 Å². The Morgan fingerprint density at radius 1 is 1.44 bits per heavy atom. The Morgan fingerprint density at radius 3 is 2.56 bits per heavy atom. The van der Waals surface area contributed by atoms with Crippen LogP contribution in [0.1, 0.15) is 31.1 Å². The van der Waals surface area contributed by atoms with Gasteiger partial charge in [-0.3, -0.25) is 5.32 Å². The van der Waals surface area contributed by atoms with Gasteiger partial charge in [-0.15, -0.1) is 0 Å². The molecule has 0 aliphatic carbocycles. The molecule has 1 rings (SSSR count). The minimum Gasteiger partial charge on any atom is -0.477 e. The van der Waals surface area contributed by atoms with E-state index >= 15 is 0 Å². The van der Waals surface area contributed by atoms with Crippen molar-refractivity contribution in [2.45, 2.75) is 26.4 Å². The molecule has 2 N–H and O–H groups in total. The summed E-state index contributed by atoms with van der Waals surface area (Å²) in [7, 11) is 0. The smallest absolute Gasteiger partial charge is 0.413 e. The fraction of sp³-hybridized carbons (Fsp3) is 0.364. The minimum absolute atomic E-state index is 0.392. The van der Waals surface area contributed by atoms with Gasteiger partial charge in [0.25, 0.3) is 0 Å². The van der Waals surface area contributed by atoms with Gasteiger partial charge in [0.2, 0.25) is 0 Å². The molecule has 0 saturated heterocycles. The van der Waals surface area contributed by atoms with Crippen LogP contribution in [-0.4, -0.2) is 27.8 Å². The van der Waals surface area contributed by atoms with Crippen molar-refractivity contribution in [3.63, 3.8) is 0 Å². The lowest BCUT2D eigenvalue weighted by molar-refractivity contribution is 0.0635. The zero-order valence-corrected chi connectivity index (χ0v) is 10.2. The SMILES string of the molecule is CC(C)(C)OC(=O)Nc1nccc(F)c1C(=O)O. The first kappa shape index (κ1) is 13.9. The first-order chi connectivity index (χ1) is 8.20. The molecule has 18 heavy (non-hydrogen) atoms. The van der Waals surface area contributed by atoms with Crippen LogP contribution in [0, 0.1) is 5.82 Å². The highest BCUT2D eigenvalue weighted by atomic mass is 19.1. The average Bonchev–Trinajstić information content (AvgIpc) is 2.13. The molecule has 0 aliphatic heterocycles. The Morgan fingerprint density at radius 2 is 2.06 bits per heavy atom. The number of rotatable bonds is 2. The number of anilines is 1. The minimum atomic E-state index is -1.52. The Balaban J connectivity index is 2.95. The van der Waals surface area contributed by atoms with Gasteiger partial charge in [-0.25, -0.2) is 19.0 Å². The molecule has 0 aliphatic rings. The topological polar surface area (TPSA) is 88.5 Å². The third-order valence-electron chi connectivity index (χ3n) is 1.73. The van der Waals surface area contributed by atoms with Gasteiger partial charge in [-0.05, 0) is 26.8 Å². The van der Waals surface area contributed by atoms with Crippen molar-refractivity contribution < 1.29 is 23.8 Å². The Labute approximate surface area is 103 Å². The fourth-order valence-corrected chi connectivity index (χ4v) is 1.14. The molecule has 0 saturated carbocycles. The predicted octanol–water partition coefficient (Wildman–Crippen LogP) is 2.27. The van der Waals surface area contributed by atoms with E-state index < -0.39 is 34.9 Å². The van der Waals surface area contributed by atoms with E-state index in [-0.39, 0.29) is 0 Å². The maximum absolute atomic E-state index is 13.3. The molecule has 0 spiro atoms. The second-order valence-corrected chi connectivity index (χ2v) is 4.45. The summed E-state index contributed by atoms with van der Waals surface area (Å²) in [5.74, 6) is -2.90. The number of pyridine rings is 1. The largest absolute Gasteiger partial charge is 0.477 e. The summed E-state index contributed by atoms with van der Waals surface area (Å²) in [5, 5.41) is 10.9. The summed E-state index contributed by atoms with van der Waals surface area (Å²) >= 11 is 0. The molecule has 1 aromatic rings. The Hall–Kier alpha value is -2.18. The first-order valence-electron chi connectivity index (χ1n) is 5.08. The fourth-order valence-electron chi connectivity index (χ4n) is 1.14. The molecule has 1 heterocycles. The number of nitrogens with zero attached hydrogens (tertiary/aromatic N) is 1. The van der Waals surface area contributed by atoms with Gasteiger partial charge in [-0.2, -0.15) is 0 Å². The van der Waals surface area contributed by atoms with Crippen molar-refractivity contribution >= 4 is 17.9 Å². The van der Waals surface area contributed by atoms with Crippen LogP contribution in [-0.2, 0) is 4.74 Å². The van der Waals surface area contributed by atoms with Crippen LogP contribution in [0.15, 0.2) is 12.3 Å². The third kappa shape index (κ3) is 3.69. The van der Waals surface area contributed by atoms with Gasteiger partial charge < -0.3 is 9.84 Å². The highest BCUT2D eigenvalue weighted by Gasteiger charge is 2.21. The predicted molar refractivity (Wildman–Crippen MR) is 61.0 cm³/mol. The number of halogens is 1. The average molecular weight is 256 g/mol. The summed E-state index contributed by atoms with van der Waals surface area (Å²) < 4.78 is 18.2. The lowest BCUT2D eigenvalue weighted by atomic mass is 10.2. The van der Waals surface area contributed by atoms with E-state index in [1.54, 1.807) is 20.8 Å². The second kappa shape index (κ2) is 4.99. The second-order valence-electron chi connectivity index (χ2n) is 4.45. The molecule has 0 bridgehead atoms. The van der Waals surface area contributed by atoms with Crippen LogP contribution in [0.4, 0.5) is 15.0 Å². The van der Waals surface area contributed by atoms with E-state index in [0.717, 1.165) is 12.3 Å². The number of hydrogen-bond acceptors (Lipinski definition) is 4. The molecular weight excluding hydrogens is 243 g/mol. The van der Waals surface area contributed by atoms with Crippen molar-refractivity contribution in [3.8, 4) is 0 Å². The standard InChI is InChI=1S/C11H13FN2O4/c1-11(2,3)18-10(17)14-8-7(9(15)16)6(12)4-5-13-8/h4-5H,1-3H3,(H,15,16)(H,13,14,17). The molecule has 0 aromatic carbocycles. The highest BCUT2D eigenvalue weighted by Crippen LogP contribution is 2.17. The van der Waals surface area contributed by atoms with E-state index in [9.17, 15) is 14.0 Å². The summed E-state index contributed by atoms with van der Waals surface area (Å²) in [5.41, 5.74) is -1.45. The molecule has 1 aromatic heterocycles. The van der Waals surface area contributed by atoms with Crippen LogP contribution in [0.25, 0.3) is 0 Å². The maximum atomic E-state index is 13.3. The highest BCUT2D eigenvalue weighted by molar-refractivity contribution is 5.97. The van der Waals surface area contributed by atoms with Gasteiger partial charge in [-0.1, -0.05) is 0 Å².